The van der Waals surface area contributed by atoms with Crippen LogP contribution in [0, 0.1) is 12.7 Å². The molecular formula is C15H12FN3OS. The van der Waals surface area contributed by atoms with Gasteiger partial charge >= 0.3 is 0 Å². The Bertz CT molecular complexity index is 844. The number of rotatable bonds is 2. The zero-order chi connectivity index (χ0) is 15.0. The van der Waals surface area contributed by atoms with Crippen molar-refractivity contribution in [2.45, 2.75) is 6.92 Å². The van der Waals surface area contributed by atoms with Crippen LogP contribution in [0.5, 0.6) is 0 Å². The molecular weight excluding hydrogens is 289 g/mol. The largest absolute Gasteiger partial charge is 0.396 e. The van der Waals surface area contributed by atoms with Crippen molar-refractivity contribution in [2.75, 3.05) is 11.1 Å². The molecule has 0 unspecified atom stereocenters. The fourth-order valence-electron chi connectivity index (χ4n) is 1.92. The summed E-state index contributed by atoms with van der Waals surface area (Å²) >= 11 is 1.38. The molecule has 0 aliphatic carbocycles. The number of carbonyl (C=O) groups is 1. The van der Waals surface area contributed by atoms with Gasteiger partial charge in [-0.1, -0.05) is 17.4 Å². The van der Waals surface area contributed by atoms with E-state index >= 15 is 0 Å². The fourth-order valence-corrected chi connectivity index (χ4v) is 2.88. The van der Waals surface area contributed by atoms with Crippen molar-refractivity contribution in [1.29, 1.82) is 0 Å². The molecule has 0 radical (unpaired) electrons. The summed E-state index contributed by atoms with van der Waals surface area (Å²) < 4.78 is 14.4. The first-order chi connectivity index (χ1) is 10.0. The fraction of sp³-hybridized carbons (Fsp3) is 0.0667. The molecule has 1 heterocycles. The summed E-state index contributed by atoms with van der Waals surface area (Å²) in [5.74, 6) is -1.02. The van der Waals surface area contributed by atoms with Crippen molar-refractivity contribution in [3.63, 3.8) is 0 Å². The lowest BCUT2D eigenvalue weighted by Crippen LogP contribution is -2.12. The summed E-state index contributed by atoms with van der Waals surface area (Å²) in [5.41, 5.74) is 7.56. The lowest BCUT2D eigenvalue weighted by Gasteiger charge is -2.02. The molecule has 0 fully saturated rings. The molecule has 6 heteroatoms. The first-order valence-electron chi connectivity index (χ1n) is 6.26. The predicted molar refractivity (Wildman–Crippen MR) is 83.1 cm³/mol. The topological polar surface area (TPSA) is 68.0 Å². The number of nitrogen functional groups attached to an aromatic ring is 1. The number of anilines is 2. The van der Waals surface area contributed by atoms with E-state index in [1.54, 1.807) is 0 Å². The van der Waals surface area contributed by atoms with Gasteiger partial charge in [-0.3, -0.25) is 10.1 Å². The Labute approximate surface area is 124 Å². The number of fused-ring (bicyclic) bond motifs is 1. The van der Waals surface area contributed by atoms with Crippen molar-refractivity contribution < 1.29 is 9.18 Å². The van der Waals surface area contributed by atoms with E-state index in [9.17, 15) is 9.18 Å². The Morgan fingerprint density at radius 2 is 2.10 bits per heavy atom. The van der Waals surface area contributed by atoms with E-state index in [-0.39, 0.29) is 11.3 Å². The molecule has 21 heavy (non-hydrogen) atoms. The Balaban J connectivity index is 1.87. The first kappa shape index (κ1) is 13.5. The van der Waals surface area contributed by atoms with Crippen molar-refractivity contribution in [1.82, 2.24) is 4.98 Å². The number of benzene rings is 2. The SMILES string of the molecule is Cc1ccc2nc(NC(=O)c3ccc(N)c(F)c3)sc2c1. The van der Waals surface area contributed by atoms with E-state index in [2.05, 4.69) is 10.3 Å². The van der Waals surface area contributed by atoms with E-state index in [0.29, 0.717) is 5.13 Å². The van der Waals surface area contributed by atoms with Crippen molar-refractivity contribution >= 4 is 38.3 Å². The molecule has 0 saturated heterocycles. The van der Waals surface area contributed by atoms with E-state index in [1.807, 2.05) is 25.1 Å². The predicted octanol–water partition coefficient (Wildman–Crippen LogP) is 3.58. The van der Waals surface area contributed by atoms with Gasteiger partial charge in [0.1, 0.15) is 5.82 Å². The monoisotopic (exact) mass is 301 g/mol. The van der Waals surface area contributed by atoms with Crippen LogP contribution in [0.1, 0.15) is 15.9 Å². The molecule has 1 aromatic heterocycles. The number of thiazole rings is 1. The number of hydrogen-bond acceptors (Lipinski definition) is 4. The van der Waals surface area contributed by atoms with Crippen LogP contribution in [-0.4, -0.2) is 10.9 Å². The number of nitrogens with one attached hydrogen (secondary N) is 1. The molecule has 2 aromatic carbocycles. The van der Waals surface area contributed by atoms with Crippen LogP contribution in [0.15, 0.2) is 36.4 Å². The van der Waals surface area contributed by atoms with Crippen LogP contribution in [-0.2, 0) is 0 Å². The van der Waals surface area contributed by atoms with E-state index in [1.165, 1.54) is 23.5 Å². The Kier molecular flexibility index (Phi) is 3.31. The van der Waals surface area contributed by atoms with Gasteiger partial charge in [0.15, 0.2) is 5.13 Å². The van der Waals surface area contributed by atoms with Gasteiger partial charge < -0.3 is 5.73 Å². The summed E-state index contributed by atoms with van der Waals surface area (Å²) in [4.78, 5) is 16.4. The van der Waals surface area contributed by atoms with Gasteiger partial charge in [0.2, 0.25) is 0 Å². The number of hydrogen-bond donors (Lipinski definition) is 2. The highest BCUT2D eigenvalue weighted by molar-refractivity contribution is 7.22. The minimum atomic E-state index is -0.609. The number of halogens is 1. The highest BCUT2D eigenvalue weighted by Crippen LogP contribution is 2.27. The highest BCUT2D eigenvalue weighted by Gasteiger charge is 2.11. The summed E-state index contributed by atoms with van der Waals surface area (Å²) in [6.45, 7) is 1.99. The summed E-state index contributed by atoms with van der Waals surface area (Å²) in [5, 5.41) is 3.16. The Morgan fingerprint density at radius 1 is 1.29 bits per heavy atom. The average Bonchev–Trinajstić information content (AvgIpc) is 2.83. The van der Waals surface area contributed by atoms with Gasteiger partial charge in [-0.25, -0.2) is 9.37 Å². The minimum Gasteiger partial charge on any atom is -0.396 e. The number of aryl methyl sites for hydroxylation is 1. The van der Waals surface area contributed by atoms with Crippen LogP contribution >= 0.6 is 11.3 Å². The summed E-state index contributed by atoms with van der Waals surface area (Å²) in [7, 11) is 0. The number of amides is 1. The van der Waals surface area contributed by atoms with Gasteiger partial charge in [0.25, 0.3) is 5.91 Å². The van der Waals surface area contributed by atoms with Crippen molar-refractivity contribution in [3.05, 3.63) is 53.3 Å². The lowest BCUT2D eigenvalue weighted by molar-refractivity contribution is 0.102. The number of nitrogens with zero attached hydrogens (tertiary/aromatic N) is 1. The summed E-state index contributed by atoms with van der Waals surface area (Å²) in [6.07, 6.45) is 0. The standard InChI is InChI=1S/C15H12FN3OS/c1-8-2-5-12-13(6-8)21-15(18-12)19-14(20)9-3-4-11(17)10(16)7-9/h2-7H,17H2,1H3,(H,18,19,20). The molecule has 0 spiro atoms. The second-order valence-electron chi connectivity index (χ2n) is 4.68. The van der Waals surface area contributed by atoms with Crippen LogP contribution in [0.4, 0.5) is 15.2 Å². The van der Waals surface area contributed by atoms with E-state index in [0.717, 1.165) is 21.8 Å². The Morgan fingerprint density at radius 3 is 2.86 bits per heavy atom. The molecule has 1 amide bonds. The zero-order valence-corrected chi connectivity index (χ0v) is 12.0. The highest BCUT2D eigenvalue weighted by atomic mass is 32.1. The third-order valence-electron chi connectivity index (χ3n) is 3.03. The molecule has 3 aromatic rings. The zero-order valence-electron chi connectivity index (χ0n) is 11.2. The van der Waals surface area contributed by atoms with Crippen LogP contribution < -0.4 is 11.1 Å². The van der Waals surface area contributed by atoms with Crippen LogP contribution in [0.2, 0.25) is 0 Å². The number of aromatic nitrogens is 1. The van der Waals surface area contributed by atoms with Gasteiger partial charge in [-0.05, 0) is 42.8 Å². The second-order valence-corrected chi connectivity index (χ2v) is 5.71. The van der Waals surface area contributed by atoms with Crippen molar-refractivity contribution in [2.24, 2.45) is 0 Å². The molecule has 0 saturated carbocycles. The molecule has 0 aliphatic heterocycles. The van der Waals surface area contributed by atoms with Crippen LogP contribution in [0.25, 0.3) is 10.2 Å². The Hall–Kier alpha value is -2.47. The van der Waals surface area contributed by atoms with Gasteiger partial charge in [0.05, 0.1) is 15.9 Å². The quantitative estimate of drug-likeness (QED) is 0.711. The lowest BCUT2D eigenvalue weighted by atomic mass is 10.2. The van der Waals surface area contributed by atoms with Gasteiger partial charge in [-0.2, -0.15) is 0 Å². The number of carbonyl (C=O) groups excluding carboxylic acids is 1. The second kappa shape index (κ2) is 5.14. The molecule has 4 nitrogen and oxygen atoms in total. The van der Waals surface area contributed by atoms with Gasteiger partial charge in [0, 0.05) is 5.56 Å². The summed E-state index contributed by atoms with van der Waals surface area (Å²) in [6, 6.07) is 9.83. The maximum Gasteiger partial charge on any atom is 0.257 e. The normalized spacial score (nSPS) is 10.8. The third-order valence-corrected chi connectivity index (χ3v) is 3.96. The van der Waals surface area contributed by atoms with Gasteiger partial charge in [-0.15, -0.1) is 0 Å². The first-order valence-corrected chi connectivity index (χ1v) is 7.08. The molecule has 0 atom stereocenters. The number of nitrogens with two attached hydrogens (primary N) is 1. The molecule has 106 valence electrons. The maximum atomic E-state index is 13.4. The third kappa shape index (κ3) is 2.71. The molecule has 0 bridgehead atoms. The minimum absolute atomic E-state index is 0.0158. The van der Waals surface area contributed by atoms with Crippen molar-refractivity contribution in [3.8, 4) is 0 Å². The smallest absolute Gasteiger partial charge is 0.257 e. The molecule has 0 aliphatic rings. The van der Waals surface area contributed by atoms with E-state index < -0.39 is 11.7 Å². The molecule has 3 rings (SSSR count). The van der Waals surface area contributed by atoms with E-state index in [4.69, 9.17) is 5.73 Å². The molecule has 3 N–H and O–H groups in total. The van der Waals surface area contributed by atoms with Crippen LogP contribution in [0.3, 0.4) is 0 Å². The average molecular weight is 301 g/mol. The maximum absolute atomic E-state index is 13.4.